The van der Waals surface area contributed by atoms with Crippen LogP contribution in [0.25, 0.3) is 0 Å². The first-order valence-electron chi connectivity index (χ1n) is 3.96. The second-order valence-electron chi connectivity index (χ2n) is 3.25. The molecule has 10 heavy (non-hydrogen) atoms. The van der Waals surface area contributed by atoms with Gasteiger partial charge in [0, 0.05) is 6.54 Å². The van der Waals surface area contributed by atoms with E-state index in [1.54, 1.807) is 0 Å². The number of carbonyl (C=O) groups is 1. The summed E-state index contributed by atoms with van der Waals surface area (Å²) >= 11 is 0. The van der Waals surface area contributed by atoms with E-state index in [0.29, 0.717) is 0 Å². The van der Waals surface area contributed by atoms with Crippen LogP contribution in [0.1, 0.15) is 19.3 Å². The van der Waals surface area contributed by atoms with Crippen LogP contribution < -0.4 is 0 Å². The fourth-order valence-corrected chi connectivity index (χ4v) is 1.97. The number of piperidine rings is 1. The van der Waals surface area contributed by atoms with Gasteiger partial charge in [0.1, 0.15) is 12.3 Å². The quantitative estimate of drug-likeness (QED) is 0.500. The summed E-state index contributed by atoms with van der Waals surface area (Å²) in [5.41, 5.74) is 0. The molecule has 0 N–H and O–H groups in total. The van der Waals surface area contributed by atoms with Gasteiger partial charge in [-0.25, -0.2) is 0 Å². The molecular formula is C8H12NO. The highest BCUT2D eigenvalue weighted by atomic mass is 16.1. The zero-order valence-electron chi connectivity index (χ0n) is 6.05. The maximum Gasteiger partial charge on any atom is 0.142 e. The first-order valence-corrected chi connectivity index (χ1v) is 3.96. The molecule has 1 radical (unpaired) electrons. The summed E-state index contributed by atoms with van der Waals surface area (Å²) in [4.78, 5) is 12.7. The molecular weight excluding hydrogens is 126 g/mol. The Balaban J connectivity index is 2.06. The van der Waals surface area contributed by atoms with Crippen LogP contribution in [0.3, 0.4) is 0 Å². The lowest BCUT2D eigenvalue weighted by atomic mass is 9.97. The van der Waals surface area contributed by atoms with Crippen molar-refractivity contribution in [3.05, 3.63) is 6.04 Å². The van der Waals surface area contributed by atoms with E-state index in [-0.39, 0.29) is 0 Å². The summed E-state index contributed by atoms with van der Waals surface area (Å²) in [7, 11) is 0. The predicted molar refractivity (Wildman–Crippen MR) is 38.2 cm³/mol. The molecule has 0 aromatic carbocycles. The lowest BCUT2D eigenvalue weighted by Gasteiger charge is -2.26. The van der Waals surface area contributed by atoms with Crippen LogP contribution in [-0.4, -0.2) is 24.3 Å². The van der Waals surface area contributed by atoms with Gasteiger partial charge in [0.05, 0.1) is 0 Å². The number of carbonyl (C=O) groups excluding carboxylic acids is 1. The van der Waals surface area contributed by atoms with Gasteiger partial charge in [0.15, 0.2) is 0 Å². The Hall–Kier alpha value is -0.370. The van der Waals surface area contributed by atoms with Crippen LogP contribution in [0.4, 0.5) is 0 Å². The van der Waals surface area contributed by atoms with E-state index in [4.69, 9.17) is 0 Å². The van der Waals surface area contributed by atoms with Crippen molar-refractivity contribution in [2.75, 3.05) is 13.1 Å². The van der Waals surface area contributed by atoms with Gasteiger partial charge in [0.2, 0.25) is 0 Å². The molecule has 2 aliphatic rings. The van der Waals surface area contributed by atoms with Gasteiger partial charge in [-0.15, -0.1) is 0 Å². The van der Waals surface area contributed by atoms with E-state index in [1.807, 2.05) is 0 Å². The van der Waals surface area contributed by atoms with Crippen molar-refractivity contribution in [1.82, 2.24) is 4.90 Å². The van der Waals surface area contributed by atoms with E-state index in [2.05, 4.69) is 4.90 Å². The molecule has 2 atom stereocenters. The average Bonchev–Trinajstić information content (AvgIpc) is 2.34. The van der Waals surface area contributed by atoms with E-state index in [0.717, 1.165) is 37.8 Å². The largest absolute Gasteiger partial charge is 0.301 e. The van der Waals surface area contributed by atoms with E-state index >= 15 is 0 Å². The Morgan fingerprint density at radius 1 is 1.50 bits per heavy atom. The van der Waals surface area contributed by atoms with Crippen molar-refractivity contribution >= 4 is 6.29 Å². The average molecular weight is 138 g/mol. The van der Waals surface area contributed by atoms with Crippen molar-refractivity contribution in [1.29, 1.82) is 0 Å². The van der Waals surface area contributed by atoms with Crippen molar-refractivity contribution in [3.63, 3.8) is 0 Å². The topological polar surface area (TPSA) is 20.3 Å². The molecule has 2 heteroatoms. The Bertz CT molecular complexity index is 146. The van der Waals surface area contributed by atoms with Crippen LogP contribution >= 0.6 is 0 Å². The van der Waals surface area contributed by atoms with E-state index < -0.39 is 0 Å². The summed E-state index contributed by atoms with van der Waals surface area (Å²) in [6, 6.07) is 1.04. The first kappa shape index (κ1) is 6.35. The summed E-state index contributed by atoms with van der Waals surface area (Å²) in [6.45, 7) is 2.27. The second kappa shape index (κ2) is 2.35. The molecule has 2 aliphatic heterocycles. The summed E-state index contributed by atoms with van der Waals surface area (Å²) in [6.07, 6.45) is 4.59. The third-order valence-corrected chi connectivity index (χ3v) is 2.64. The number of aldehydes is 1. The fraction of sp³-hybridized carbons (Fsp3) is 0.750. The van der Waals surface area contributed by atoms with Crippen LogP contribution in [0.15, 0.2) is 0 Å². The minimum Gasteiger partial charge on any atom is -0.301 e. The van der Waals surface area contributed by atoms with Gasteiger partial charge >= 0.3 is 0 Å². The number of nitrogens with zero attached hydrogens (tertiary/aromatic N) is 1. The van der Waals surface area contributed by atoms with Crippen molar-refractivity contribution in [2.24, 2.45) is 5.92 Å². The van der Waals surface area contributed by atoms with Crippen LogP contribution in [0, 0.1) is 12.0 Å². The monoisotopic (exact) mass is 138 g/mol. The lowest BCUT2D eigenvalue weighted by molar-refractivity contribution is -0.108. The van der Waals surface area contributed by atoms with Gasteiger partial charge in [-0.1, -0.05) is 0 Å². The standard InChI is InChI=1S/C8H12NO/c10-6-8-2-1-7-3-4-9(8)5-7/h6-7H,1-5H2. The van der Waals surface area contributed by atoms with Gasteiger partial charge in [-0.3, -0.25) is 4.90 Å². The van der Waals surface area contributed by atoms with Gasteiger partial charge < -0.3 is 4.79 Å². The van der Waals surface area contributed by atoms with Crippen molar-refractivity contribution in [2.45, 2.75) is 19.3 Å². The molecule has 0 aromatic heterocycles. The molecule has 2 saturated heterocycles. The molecule has 2 fully saturated rings. The maximum absolute atomic E-state index is 10.5. The normalized spacial score (nSPS) is 40.0. The Morgan fingerprint density at radius 2 is 2.40 bits per heavy atom. The molecule has 0 aromatic rings. The molecule has 55 valence electrons. The van der Waals surface area contributed by atoms with Crippen LogP contribution in [0.2, 0.25) is 0 Å². The minimum absolute atomic E-state index is 0.892. The molecule has 2 heterocycles. The maximum atomic E-state index is 10.5. The third-order valence-electron chi connectivity index (χ3n) is 2.64. The third kappa shape index (κ3) is 0.870. The highest BCUT2D eigenvalue weighted by molar-refractivity contribution is 5.68. The Kier molecular flexibility index (Phi) is 1.49. The highest BCUT2D eigenvalue weighted by Gasteiger charge is 2.33. The Morgan fingerprint density at radius 3 is 3.20 bits per heavy atom. The first-order chi connectivity index (χ1) is 4.90. The number of hydrogen-bond acceptors (Lipinski definition) is 2. The molecule has 2 unspecified atom stereocenters. The van der Waals surface area contributed by atoms with Gasteiger partial charge in [-0.05, 0) is 31.7 Å². The Labute approximate surface area is 61.2 Å². The van der Waals surface area contributed by atoms with E-state index in [9.17, 15) is 4.79 Å². The van der Waals surface area contributed by atoms with Crippen LogP contribution in [0.5, 0.6) is 0 Å². The minimum atomic E-state index is 0.892. The summed E-state index contributed by atoms with van der Waals surface area (Å²) < 4.78 is 0. The SMILES string of the molecule is O=C[C]1CCC2CCN1C2. The van der Waals surface area contributed by atoms with Crippen LogP contribution in [-0.2, 0) is 4.79 Å². The fourth-order valence-electron chi connectivity index (χ4n) is 1.97. The molecule has 2 rings (SSSR count). The van der Waals surface area contributed by atoms with Gasteiger partial charge in [0.25, 0.3) is 0 Å². The summed E-state index contributed by atoms with van der Waals surface area (Å²) in [5.74, 6) is 0.892. The van der Waals surface area contributed by atoms with Crippen molar-refractivity contribution in [3.8, 4) is 0 Å². The summed E-state index contributed by atoms with van der Waals surface area (Å²) in [5, 5.41) is 0. The number of rotatable bonds is 1. The molecule has 0 aliphatic carbocycles. The smallest absolute Gasteiger partial charge is 0.142 e. The number of fused-ring (bicyclic) bond motifs is 2. The predicted octanol–water partition coefficient (Wildman–Crippen LogP) is 0.833. The zero-order valence-corrected chi connectivity index (χ0v) is 6.05. The highest BCUT2D eigenvalue weighted by Crippen LogP contribution is 2.33. The van der Waals surface area contributed by atoms with Gasteiger partial charge in [-0.2, -0.15) is 0 Å². The van der Waals surface area contributed by atoms with E-state index in [1.165, 1.54) is 12.8 Å². The second-order valence-corrected chi connectivity index (χ2v) is 3.25. The van der Waals surface area contributed by atoms with Crippen molar-refractivity contribution < 1.29 is 4.79 Å². The molecule has 0 saturated carbocycles. The molecule has 0 amide bonds. The number of hydrogen-bond donors (Lipinski definition) is 0. The molecule has 2 nitrogen and oxygen atoms in total. The molecule has 0 spiro atoms. The lowest BCUT2D eigenvalue weighted by Crippen LogP contribution is -2.31. The zero-order chi connectivity index (χ0) is 6.97. The molecule has 2 bridgehead atoms.